The second kappa shape index (κ2) is 9.75. The molecule has 0 aliphatic carbocycles. The van der Waals surface area contributed by atoms with Gasteiger partial charge in [-0.2, -0.15) is 0 Å². The number of nitrogens with zero attached hydrogens (tertiary/aromatic N) is 3. The lowest BCUT2D eigenvalue weighted by Gasteiger charge is -2.32. The van der Waals surface area contributed by atoms with Crippen molar-refractivity contribution in [2.75, 3.05) is 32.1 Å². The fourth-order valence-corrected chi connectivity index (χ4v) is 5.33. The first-order chi connectivity index (χ1) is 18.1. The summed E-state index contributed by atoms with van der Waals surface area (Å²) in [7, 11) is 1.65. The topological polar surface area (TPSA) is 85.2 Å². The van der Waals surface area contributed by atoms with E-state index >= 15 is 0 Å². The molecule has 0 amide bonds. The normalized spacial score (nSPS) is 15.8. The van der Waals surface area contributed by atoms with Crippen LogP contribution in [0, 0.1) is 0 Å². The van der Waals surface area contributed by atoms with Crippen molar-refractivity contribution >= 4 is 22.2 Å². The number of ether oxygens (including phenoxy) is 1. The summed E-state index contributed by atoms with van der Waals surface area (Å²) in [6.07, 6.45) is 2.23. The van der Waals surface area contributed by atoms with E-state index in [9.17, 15) is 5.11 Å². The summed E-state index contributed by atoms with van der Waals surface area (Å²) in [5.74, 6) is 1.39. The minimum Gasteiger partial charge on any atom is -0.497 e. The van der Waals surface area contributed by atoms with E-state index in [-0.39, 0.29) is 5.88 Å². The minimum absolute atomic E-state index is 0.0927. The zero-order chi connectivity index (χ0) is 25.4. The second-order valence-corrected chi connectivity index (χ2v) is 9.60. The Kier molecular flexibility index (Phi) is 6.14. The first-order valence-corrected chi connectivity index (χ1v) is 12.9. The third-order valence-electron chi connectivity index (χ3n) is 7.35. The number of para-hydroxylation sites is 2. The van der Waals surface area contributed by atoms with E-state index in [1.807, 2.05) is 54.6 Å². The lowest BCUT2D eigenvalue weighted by Crippen LogP contribution is -2.38. The van der Waals surface area contributed by atoms with Crippen LogP contribution in [0.4, 0.5) is 5.69 Å². The van der Waals surface area contributed by atoms with Crippen molar-refractivity contribution in [3.8, 4) is 11.6 Å². The molecular formula is C30H31N5O2. The van der Waals surface area contributed by atoms with E-state index in [1.165, 1.54) is 0 Å². The van der Waals surface area contributed by atoms with Crippen molar-refractivity contribution in [1.82, 2.24) is 9.88 Å². The average Bonchev–Trinajstić information content (AvgIpc) is 3.50. The molecule has 6 rings (SSSR count). The molecule has 0 spiro atoms. The summed E-state index contributed by atoms with van der Waals surface area (Å²) in [6.45, 7) is 5.55. The van der Waals surface area contributed by atoms with Gasteiger partial charge in [0.15, 0.2) is 11.7 Å². The molecule has 7 nitrogen and oxygen atoms in total. The van der Waals surface area contributed by atoms with Crippen molar-refractivity contribution < 1.29 is 9.84 Å². The van der Waals surface area contributed by atoms with Crippen molar-refractivity contribution in [1.29, 1.82) is 0 Å². The number of benzene rings is 3. The van der Waals surface area contributed by atoms with Crippen LogP contribution in [-0.4, -0.2) is 47.8 Å². The van der Waals surface area contributed by atoms with Gasteiger partial charge in [-0.3, -0.25) is 0 Å². The van der Waals surface area contributed by atoms with Gasteiger partial charge >= 0.3 is 0 Å². The molecule has 188 valence electrons. The van der Waals surface area contributed by atoms with E-state index < -0.39 is 0 Å². The molecule has 1 aromatic heterocycles. The number of anilines is 1. The van der Waals surface area contributed by atoms with Gasteiger partial charge in [-0.1, -0.05) is 31.2 Å². The molecule has 0 radical (unpaired) electrons. The molecule has 0 saturated carbocycles. The van der Waals surface area contributed by atoms with Gasteiger partial charge in [0.1, 0.15) is 5.75 Å². The van der Waals surface area contributed by atoms with Gasteiger partial charge in [-0.15, -0.1) is 0 Å². The smallest absolute Gasteiger partial charge is 0.197 e. The first kappa shape index (κ1) is 23.3. The third kappa shape index (κ3) is 4.47. The van der Waals surface area contributed by atoms with Crippen molar-refractivity contribution in [2.45, 2.75) is 25.8 Å². The SMILES string of the molecule is CCN1CCC(Nc2ccc3[nH]c(O)c(C(=C4N=c5ccccc5=N4)c4cccc(OC)c4)c3c2)CC1. The summed E-state index contributed by atoms with van der Waals surface area (Å²) in [5.41, 5.74) is 4.21. The zero-order valence-electron chi connectivity index (χ0n) is 21.2. The molecule has 37 heavy (non-hydrogen) atoms. The highest BCUT2D eigenvalue weighted by molar-refractivity contribution is 6.01. The van der Waals surface area contributed by atoms with Gasteiger partial charge in [0.25, 0.3) is 0 Å². The molecule has 7 heteroatoms. The number of aromatic nitrogens is 1. The molecule has 1 saturated heterocycles. The number of fused-ring (bicyclic) bond motifs is 2. The molecule has 4 aromatic rings. The highest BCUT2D eigenvalue weighted by atomic mass is 16.5. The summed E-state index contributed by atoms with van der Waals surface area (Å²) < 4.78 is 5.52. The Hall–Kier alpha value is -4.10. The molecule has 0 atom stereocenters. The van der Waals surface area contributed by atoms with Crippen LogP contribution in [0.3, 0.4) is 0 Å². The number of hydrogen-bond donors (Lipinski definition) is 3. The van der Waals surface area contributed by atoms with Crippen LogP contribution in [0.25, 0.3) is 16.5 Å². The third-order valence-corrected chi connectivity index (χ3v) is 7.35. The number of hydrogen-bond acceptors (Lipinski definition) is 6. The van der Waals surface area contributed by atoms with Crippen LogP contribution < -0.4 is 20.8 Å². The number of aromatic amines is 1. The summed E-state index contributed by atoms with van der Waals surface area (Å²) in [5, 5.41) is 17.5. The fraction of sp³-hybridized carbons (Fsp3) is 0.267. The summed E-state index contributed by atoms with van der Waals surface area (Å²) in [4.78, 5) is 15.3. The Morgan fingerprint density at radius 3 is 2.49 bits per heavy atom. The lowest BCUT2D eigenvalue weighted by molar-refractivity contribution is 0.229. The van der Waals surface area contributed by atoms with Crippen LogP contribution in [0.1, 0.15) is 30.9 Å². The molecule has 3 heterocycles. The molecule has 3 N–H and O–H groups in total. The summed E-state index contributed by atoms with van der Waals surface area (Å²) in [6, 6.07) is 22.3. The van der Waals surface area contributed by atoms with Crippen LogP contribution in [-0.2, 0) is 0 Å². The molecular weight excluding hydrogens is 462 g/mol. The highest BCUT2D eigenvalue weighted by Crippen LogP contribution is 2.41. The first-order valence-electron chi connectivity index (χ1n) is 12.9. The van der Waals surface area contributed by atoms with Crippen LogP contribution >= 0.6 is 0 Å². The number of H-pyrrole nitrogens is 1. The molecule has 0 bridgehead atoms. The zero-order valence-corrected chi connectivity index (χ0v) is 21.2. The Bertz CT molecular complexity index is 1580. The number of methoxy groups -OCH3 is 1. The van der Waals surface area contributed by atoms with Crippen LogP contribution in [0.2, 0.25) is 0 Å². The van der Waals surface area contributed by atoms with Crippen LogP contribution in [0.5, 0.6) is 11.6 Å². The van der Waals surface area contributed by atoms with E-state index in [0.29, 0.717) is 17.4 Å². The van der Waals surface area contributed by atoms with E-state index in [4.69, 9.17) is 14.7 Å². The Morgan fingerprint density at radius 2 is 1.78 bits per heavy atom. The number of piperidine rings is 1. The van der Waals surface area contributed by atoms with Gasteiger partial charge in [-0.25, -0.2) is 9.98 Å². The van der Waals surface area contributed by atoms with Crippen molar-refractivity contribution in [3.05, 3.63) is 94.4 Å². The number of rotatable bonds is 6. The van der Waals surface area contributed by atoms with E-state index in [0.717, 1.165) is 76.7 Å². The maximum absolute atomic E-state index is 11.2. The predicted octanol–water partition coefficient (Wildman–Crippen LogP) is 4.45. The maximum atomic E-state index is 11.2. The predicted molar refractivity (Wildman–Crippen MR) is 146 cm³/mol. The molecule has 0 unspecified atom stereocenters. The van der Waals surface area contributed by atoms with E-state index in [1.54, 1.807) is 7.11 Å². The molecule has 3 aromatic carbocycles. The number of aromatic hydroxyl groups is 1. The quantitative estimate of drug-likeness (QED) is 0.371. The Labute approximate surface area is 215 Å². The molecule has 1 fully saturated rings. The van der Waals surface area contributed by atoms with Gasteiger partial charge in [0.05, 0.1) is 23.4 Å². The van der Waals surface area contributed by atoms with Gasteiger partial charge in [0.2, 0.25) is 0 Å². The highest BCUT2D eigenvalue weighted by Gasteiger charge is 2.23. The largest absolute Gasteiger partial charge is 0.497 e. The second-order valence-electron chi connectivity index (χ2n) is 9.60. The Morgan fingerprint density at radius 1 is 1.03 bits per heavy atom. The summed E-state index contributed by atoms with van der Waals surface area (Å²) >= 11 is 0. The number of likely N-dealkylation sites (tertiary alicyclic amines) is 1. The van der Waals surface area contributed by atoms with Gasteiger partial charge in [-0.05, 0) is 67.4 Å². The minimum atomic E-state index is 0.0927. The average molecular weight is 494 g/mol. The lowest BCUT2D eigenvalue weighted by atomic mass is 9.96. The fourth-order valence-electron chi connectivity index (χ4n) is 5.33. The monoisotopic (exact) mass is 493 g/mol. The standard InChI is InChI=1S/C30H31N5O2/c1-3-35-15-13-20(14-16-35)31-21-11-12-24-23(18-21)28(30(36)34-24)27(19-7-6-8-22(17-19)37-2)29-32-25-9-4-5-10-26(25)33-29/h4-12,17-18,20,31,34,36H,3,13-16H2,1-2H3. The molecule has 2 aliphatic heterocycles. The molecule has 2 aliphatic rings. The van der Waals surface area contributed by atoms with Gasteiger partial charge in [0, 0.05) is 41.3 Å². The maximum Gasteiger partial charge on any atom is 0.197 e. The Balaban J connectivity index is 1.48. The van der Waals surface area contributed by atoms with Crippen molar-refractivity contribution in [2.24, 2.45) is 9.98 Å². The van der Waals surface area contributed by atoms with E-state index in [2.05, 4.69) is 34.3 Å². The van der Waals surface area contributed by atoms with Crippen LogP contribution in [0.15, 0.2) is 82.5 Å². The number of nitrogens with one attached hydrogen (secondary N) is 2. The van der Waals surface area contributed by atoms with Crippen molar-refractivity contribution in [3.63, 3.8) is 0 Å². The van der Waals surface area contributed by atoms with Gasteiger partial charge < -0.3 is 25.0 Å².